The van der Waals surface area contributed by atoms with Gasteiger partial charge in [0.25, 0.3) is 5.91 Å². The Kier molecular flexibility index (Phi) is 6.50. The molecular weight excluding hydrogens is 383 g/mol. The molecule has 0 N–H and O–H groups in total. The fourth-order valence-electron chi connectivity index (χ4n) is 4.72. The van der Waals surface area contributed by atoms with Gasteiger partial charge >= 0.3 is 0 Å². The molecule has 160 valence electrons. The summed E-state index contributed by atoms with van der Waals surface area (Å²) in [6.07, 6.45) is 9.57. The number of carbonyl (C=O) groups excluding carboxylic acids is 2. The third-order valence-corrected chi connectivity index (χ3v) is 6.50. The Morgan fingerprint density at radius 3 is 2.37 bits per heavy atom. The number of hydrogen-bond donors (Lipinski definition) is 0. The Labute approximate surface area is 176 Å². The lowest BCUT2D eigenvalue weighted by molar-refractivity contribution is -0.139. The maximum absolute atomic E-state index is 13.4. The van der Waals surface area contributed by atoms with Gasteiger partial charge in [-0.15, -0.1) is 0 Å². The van der Waals surface area contributed by atoms with Crippen LogP contribution in [0.5, 0.6) is 0 Å². The van der Waals surface area contributed by atoms with E-state index in [0.29, 0.717) is 44.1 Å². The molecule has 2 amide bonds. The van der Waals surface area contributed by atoms with Crippen LogP contribution in [0, 0.1) is 11.7 Å². The first kappa shape index (κ1) is 20.6. The van der Waals surface area contributed by atoms with Gasteiger partial charge in [-0.05, 0) is 55.9 Å². The van der Waals surface area contributed by atoms with Crippen LogP contribution in [0.3, 0.4) is 0 Å². The highest BCUT2D eigenvalue weighted by molar-refractivity contribution is 5.94. The maximum atomic E-state index is 13.4. The summed E-state index contributed by atoms with van der Waals surface area (Å²) in [6, 6.07) is 8.53. The van der Waals surface area contributed by atoms with E-state index >= 15 is 0 Å². The molecule has 6 heteroatoms. The summed E-state index contributed by atoms with van der Waals surface area (Å²) in [5, 5.41) is 0. The van der Waals surface area contributed by atoms with Crippen molar-refractivity contribution < 1.29 is 18.4 Å². The van der Waals surface area contributed by atoms with Crippen molar-refractivity contribution in [2.75, 3.05) is 19.6 Å². The quantitative estimate of drug-likeness (QED) is 0.711. The van der Waals surface area contributed by atoms with Crippen molar-refractivity contribution in [3.63, 3.8) is 0 Å². The summed E-state index contributed by atoms with van der Waals surface area (Å²) in [4.78, 5) is 29.8. The first-order valence-electron chi connectivity index (χ1n) is 11.0. The SMILES string of the molecule is O=C(c1ccoc1)N1CCC(C(=O)N(CCc2ccc(F)cc2)C2CCCC2)CC1. The van der Waals surface area contributed by atoms with E-state index in [0.717, 1.165) is 24.8 Å². The Hall–Kier alpha value is -2.63. The molecule has 0 bridgehead atoms. The highest BCUT2D eigenvalue weighted by Crippen LogP contribution is 2.28. The molecule has 30 heavy (non-hydrogen) atoms. The van der Waals surface area contributed by atoms with Crippen LogP contribution in [0.25, 0.3) is 0 Å². The molecule has 0 unspecified atom stereocenters. The second kappa shape index (κ2) is 9.45. The van der Waals surface area contributed by atoms with Crippen molar-refractivity contribution in [1.82, 2.24) is 9.80 Å². The molecule has 4 rings (SSSR count). The minimum atomic E-state index is -0.237. The Morgan fingerprint density at radius 2 is 1.73 bits per heavy atom. The lowest BCUT2D eigenvalue weighted by Gasteiger charge is -2.36. The standard InChI is InChI=1S/C24H29FN2O3/c25-21-7-5-18(6-8-21)9-15-27(22-3-1-2-4-22)24(29)19-10-13-26(14-11-19)23(28)20-12-16-30-17-20/h5-8,12,16-17,19,22H,1-4,9-11,13-15H2. The lowest BCUT2D eigenvalue weighted by atomic mass is 9.93. The van der Waals surface area contributed by atoms with Gasteiger partial charge in [-0.25, -0.2) is 4.39 Å². The molecule has 1 aliphatic carbocycles. The van der Waals surface area contributed by atoms with Gasteiger partial charge in [-0.1, -0.05) is 25.0 Å². The molecule has 1 saturated heterocycles. The summed E-state index contributed by atoms with van der Waals surface area (Å²) in [6.45, 7) is 1.86. The number of furan rings is 1. The van der Waals surface area contributed by atoms with Crippen molar-refractivity contribution in [1.29, 1.82) is 0 Å². The van der Waals surface area contributed by atoms with E-state index in [1.807, 2.05) is 4.90 Å². The Bertz CT molecular complexity index is 836. The topological polar surface area (TPSA) is 53.8 Å². The van der Waals surface area contributed by atoms with Crippen molar-refractivity contribution >= 4 is 11.8 Å². The summed E-state index contributed by atoms with van der Waals surface area (Å²) in [5.74, 6) is -0.0792. The molecule has 0 spiro atoms. The largest absolute Gasteiger partial charge is 0.472 e. The van der Waals surface area contributed by atoms with Crippen molar-refractivity contribution in [2.45, 2.75) is 51.0 Å². The molecule has 2 fully saturated rings. The molecule has 0 atom stereocenters. The van der Waals surface area contributed by atoms with Crippen LogP contribution in [0.4, 0.5) is 4.39 Å². The van der Waals surface area contributed by atoms with E-state index in [-0.39, 0.29) is 23.5 Å². The third-order valence-electron chi connectivity index (χ3n) is 6.50. The lowest BCUT2D eigenvalue weighted by Crippen LogP contribution is -2.47. The van der Waals surface area contributed by atoms with E-state index in [1.165, 1.54) is 37.5 Å². The van der Waals surface area contributed by atoms with Crippen LogP contribution in [0.15, 0.2) is 47.3 Å². The van der Waals surface area contributed by atoms with Crippen LogP contribution in [-0.4, -0.2) is 47.3 Å². The number of piperidine rings is 1. The number of benzene rings is 1. The molecule has 2 heterocycles. The van der Waals surface area contributed by atoms with Gasteiger partial charge in [0.05, 0.1) is 11.8 Å². The smallest absolute Gasteiger partial charge is 0.257 e. The molecule has 2 aromatic rings. The number of amides is 2. The summed E-state index contributed by atoms with van der Waals surface area (Å²) in [5.41, 5.74) is 1.61. The monoisotopic (exact) mass is 412 g/mol. The number of rotatable bonds is 6. The van der Waals surface area contributed by atoms with Crippen LogP contribution in [-0.2, 0) is 11.2 Å². The second-order valence-corrected chi connectivity index (χ2v) is 8.42. The van der Waals surface area contributed by atoms with Gasteiger partial charge in [0.15, 0.2) is 0 Å². The fourth-order valence-corrected chi connectivity index (χ4v) is 4.72. The van der Waals surface area contributed by atoms with Crippen molar-refractivity contribution in [3.05, 3.63) is 59.8 Å². The minimum absolute atomic E-state index is 0.0291. The van der Waals surface area contributed by atoms with Crippen LogP contribution >= 0.6 is 0 Å². The van der Waals surface area contributed by atoms with E-state index in [9.17, 15) is 14.0 Å². The van der Waals surface area contributed by atoms with Crippen molar-refractivity contribution in [2.24, 2.45) is 5.92 Å². The van der Waals surface area contributed by atoms with E-state index in [4.69, 9.17) is 4.42 Å². The summed E-state index contributed by atoms with van der Waals surface area (Å²) in [7, 11) is 0. The normalized spacial score (nSPS) is 18.0. The Balaban J connectivity index is 1.36. The maximum Gasteiger partial charge on any atom is 0.257 e. The third kappa shape index (κ3) is 4.74. The number of hydrogen-bond acceptors (Lipinski definition) is 3. The predicted octanol–water partition coefficient (Wildman–Crippen LogP) is 4.28. The molecule has 5 nitrogen and oxygen atoms in total. The molecule has 2 aliphatic rings. The summed E-state index contributed by atoms with van der Waals surface area (Å²) < 4.78 is 18.2. The van der Waals surface area contributed by atoms with Gasteiger partial charge in [-0.2, -0.15) is 0 Å². The van der Waals surface area contributed by atoms with Gasteiger partial charge in [0, 0.05) is 31.6 Å². The zero-order chi connectivity index (χ0) is 20.9. The van der Waals surface area contributed by atoms with Crippen LogP contribution < -0.4 is 0 Å². The fraction of sp³-hybridized carbons (Fsp3) is 0.500. The summed E-state index contributed by atoms with van der Waals surface area (Å²) >= 11 is 0. The second-order valence-electron chi connectivity index (χ2n) is 8.42. The van der Waals surface area contributed by atoms with Crippen molar-refractivity contribution in [3.8, 4) is 0 Å². The highest BCUT2D eigenvalue weighted by Gasteiger charge is 2.34. The van der Waals surface area contributed by atoms with Crippen LogP contribution in [0.2, 0.25) is 0 Å². The number of likely N-dealkylation sites (tertiary alicyclic amines) is 1. The molecule has 1 aromatic heterocycles. The van der Waals surface area contributed by atoms with E-state index in [1.54, 1.807) is 18.2 Å². The Morgan fingerprint density at radius 1 is 1.03 bits per heavy atom. The van der Waals surface area contributed by atoms with Gasteiger partial charge < -0.3 is 14.2 Å². The predicted molar refractivity (Wildman–Crippen MR) is 111 cm³/mol. The molecule has 1 aromatic carbocycles. The number of halogens is 1. The average molecular weight is 413 g/mol. The minimum Gasteiger partial charge on any atom is -0.472 e. The highest BCUT2D eigenvalue weighted by atomic mass is 19.1. The molecule has 1 aliphatic heterocycles. The molecule has 0 radical (unpaired) electrons. The zero-order valence-corrected chi connectivity index (χ0v) is 17.3. The van der Waals surface area contributed by atoms with Gasteiger partial charge in [-0.3, -0.25) is 9.59 Å². The average Bonchev–Trinajstić information content (AvgIpc) is 3.49. The molecule has 1 saturated carbocycles. The first-order valence-corrected chi connectivity index (χ1v) is 11.0. The van der Waals surface area contributed by atoms with E-state index in [2.05, 4.69) is 4.90 Å². The molecular formula is C24H29FN2O3. The number of nitrogens with zero attached hydrogens (tertiary/aromatic N) is 2. The first-order chi connectivity index (χ1) is 14.6. The van der Waals surface area contributed by atoms with Gasteiger partial charge in [0.2, 0.25) is 5.91 Å². The number of carbonyl (C=O) groups is 2. The zero-order valence-electron chi connectivity index (χ0n) is 17.3. The van der Waals surface area contributed by atoms with E-state index < -0.39 is 0 Å². The van der Waals surface area contributed by atoms with Gasteiger partial charge in [0.1, 0.15) is 12.1 Å². The van der Waals surface area contributed by atoms with Crippen LogP contribution in [0.1, 0.15) is 54.4 Å².